The van der Waals surface area contributed by atoms with E-state index in [1.807, 2.05) is 24.3 Å². The zero-order valence-electron chi connectivity index (χ0n) is 14.3. The summed E-state index contributed by atoms with van der Waals surface area (Å²) in [7, 11) is 3.28. The van der Waals surface area contributed by atoms with E-state index in [2.05, 4.69) is 32.8 Å². The third kappa shape index (κ3) is 3.15. The van der Waals surface area contributed by atoms with E-state index < -0.39 is 0 Å². The zero-order chi connectivity index (χ0) is 17.1. The van der Waals surface area contributed by atoms with Crippen LogP contribution < -0.4 is 25.0 Å². The van der Waals surface area contributed by atoms with Gasteiger partial charge in [-0.2, -0.15) is 9.97 Å². The van der Waals surface area contributed by atoms with E-state index in [0.29, 0.717) is 5.88 Å². The molecule has 0 spiro atoms. The Kier molecular flexibility index (Phi) is 4.59. The van der Waals surface area contributed by atoms with Gasteiger partial charge in [-0.3, -0.25) is 0 Å². The molecule has 7 heteroatoms. The summed E-state index contributed by atoms with van der Waals surface area (Å²) in [6.07, 6.45) is 0. The minimum Gasteiger partial charge on any atom is -0.495 e. The van der Waals surface area contributed by atoms with Crippen molar-refractivity contribution in [3.8, 4) is 11.6 Å². The van der Waals surface area contributed by atoms with Crippen LogP contribution in [0.25, 0.3) is 0 Å². The minimum atomic E-state index is 0.226. The van der Waals surface area contributed by atoms with Crippen LogP contribution in [-0.4, -0.2) is 49.9 Å². The fourth-order valence-corrected chi connectivity index (χ4v) is 3.09. The van der Waals surface area contributed by atoms with E-state index in [1.165, 1.54) is 0 Å². The highest BCUT2D eigenvalue weighted by Gasteiger charge is 2.27. The molecule has 2 N–H and O–H groups in total. The van der Waals surface area contributed by atoms with Crippen molar-refractivity contribution in [2.24, 2.45) is 0 Å². The van der Waals surface area contributed by atoms with Crippen LogP contribution in [0.3, 0.4) is 0 Å². The monoisotopic (exact) mass is 329 g/mol. The first-order chi connectivity index (χ1) is 11.6. The number of ether oxygens (including phenoxy) is 2. The molecule has 2 heterocycles. The number of para-hydroxylation sites is 2. The summed E-state index contributed by atoms with van der Waals surface area (Å²) in [6.45, 7) is 4.74. The van der Waals surface area contributed by atoms with Gasteiger partial charge in [0, 0.05) is 31.7 Å². The van der Waals surface area contributed by atoms with E-state index >= 15 is 0 Å². The molecule has 0 saturated carbocycles. The van der Waals surface area contributed by atoms with Gasteiger partial charge in [-0.05, 0) is 19.1 Å². The first kappa shape index (κ1) is 16.2. The molecule has 0 amide bonds. The highest BCUT2D eigenvalue weighted by molar-refractivity contribution is 5.60. The van der Waals surface area contributed by atoms with Crippen LogP contribution >= 0.6 is 0 Å². The third-order valence-corrected chi connectivity index (χ3v) is 4.26. The molecule has 7 nitrogen and oxygen atoms in total. The Morgan fingerprint density at radius 3 is 2.62 bits per heavy atom. The number of benzene rings is 1. The smallest absolute Gasteiger partial charge is 0.225 e. The van der Waals surface area contributed by atoms with E-state index in [0.717, 1.165) is 36.9 Å². The Morgan fingerprint density at radius 2 is 1.92 bits per heavy atom. The van der Waals surface area contributed by atoms with Crippen molar-refractivity contribution in [3.05, 3.63) is 30.3 Å². The average molecular weight is 329 g/mol. The topological polar surface area (TPSA) is 76.7 Å². The molecule has 0 radical (unpaired) electrons. The van der Waals surface area contributed by atoms with Crippen LogP contribution in [0.2, 0.25) is 0 Å². The maximum atomic E-state index is 5.79. The Hall–Kier alpha value is -2.70. The largest absolute Gasteiger partial charge is 0.495 e. The van der Waals surface area contributed by atoms with Gasteiger partial charge in [0.1, 0.15) is 11.6 Å². The van der Waals surface area contributed by atoms with Gasteiger partial charge in [-0.25, -0.2) is 0 Å². The molecule has 3 rings (SSSR count). The van der Waals surface area contributed by atoms with Crippen LogP contribution in [0.1, 0.15) is 6.92 Å². The van der Waals surface area contributed by atoms with Gasteiger partial charge in [0.05, 0.1) is 19.9 Å². The molecule has 1 aliphatic rings. The van der Waals surface area contributed by atoms with Crippen LogP contribution in [0.5, 0.6) is 11.6 Å². The summed E-state index contributed by atoms with van der Waals surface area (Å²) >= 11 is 0. The minimum absolute atomic E-state index is 0.226. The number of piperazine rings is 1. The average Bonchev–Trinajstić information content (AvgIpc) is 2.60. The highest BCUT2D eigenvalue weighted by atomic mass is 16.5. The van der Waals surface area contributed by atoms with E-state index in [9.17, 15) is 0 Å². The lowest BCUT2D eigenvalue weighted by molar-refractivity contribution is 0.397. The molecule has 1 aliphatic heterocycles. The number of nitrogen functional groups attached to an aromatic ring is 1. The third-order valence-electron chi connectivity index (χ3n) is 4.26. The van der Waals surface area contributed by atoms with Crippen molar-refractivity contribution < 1.29 is 9.47 Å². The Morgan fingerprint density at radius 1 is 1.12 bits per heavy atom. The molecular formula is C17H23N5O2. The maximum absolute atomic E-state index is 5.79. The van der Waals surface area contributed by atoms with Gasteiger partial charge < -0.3 is 25.0 Å². The number of hydrogen-bond donors (Lipinski definition) is 1. The lowest BCUT2D eigenvalue weighted by Gasteiger charge is -2.42. The van der Waals surface area contributed by atoms with Gasteiger partial charge >= 0.3 is 0 Å². The second kappa shape index (κ2) is 6.82. The standard InChI is InChI=1S/C17H23N5O2/c1-12-11-21(13-6-4-5-7-14(13)23-2)8-9-22(12)15-10-16(24-3)20-17(18)19-15/h4-7,10,12H,8-9,11H2,1-3H3,(H2,18,19,20)/t12-/m0/s1. The Bertz CT molecular complexity index is 709. The quantitative estimate of drug-likeness (QED) is 0.916. The molecule has 1 fully saturated rings. The molecule has 2 aromatic rings. The summed E-state index contributed by atoms with van der Waals surface area (Å²) < 4.78 is 10.7. The van der Waals surface area contributed by atoms with Crippen molar-refractivity contribution in [1.29, 1.82) is 0 Å². The van der Waals surface area contributed by atoms with Crippen LogP contribution in [0.4, 0.5) is 17.5 Å². The van der Waals surface area contributed by atoms with Crippen LogP contribution in [-0.2, 0) is 0 Å². The number of methoxy groups -OCH3 is 2. The number of aromatic nitrogens is 2. The number of nitrogens with two attached hydrogens (primary N) is 1. The number of rotatable bonds is 4. The fourth-order valence-electron chi connectivity index (χ4n) is 3.09. The van der Waals surface area contributed by atoms with Gasteiger partial charge in [-0.15, -0.1) is 0 Å². The molecule has 0 aliphatic carbocycles. The van der Waals surface area contributed by atoms with Crippen molar-refractivity contribution in [2.45, 2.75) is 13.0 Å². The lowest BCUT2D eigenvalue weighted by Crippen LogP contribution is -2.52. The summed E-state index contributed by atoms with van der Waals surface area (Å²) in [5, 5.41) is 0. The van der Waals surface area contributed by atoms with Gasteiger partial charge in [-0.1, -0.05) is 12.1 Å². The van der Waals surface area contributed by atoms with Crippen molar-refractivity contribution in [2.75, 3.05) is 49.4 Å². The molecule has 0 unspecified atom stereocenters. The number of hydrogen-bond acceptors (Lipinski definition) is 7. The van der Waals surface area contributed by atoms with E-state index in [1.54, 1.807) is 14.2 Å². The summed E-state index contributed by atoms with van der Waals surface area (Å²) in [5.41, 5.74) is 6.90. The van der Waals surface area contributed by atoms with Crippen LogP contribution in [0, 0.1) is 0 Å². The number of anilines is 3. The Balaban J connectivity index is 1.79. The molecule has 1 atom stereocenters. The maximum Gasteiger partial charge on any atom is 0.225 e. The summed E-state index contributed by atoms with van der Waals surface area (Å²) in [6, 6.07) is 10.2. The predicted octanol–water partition coefficient (Wildman–Crippen LogP) is 1.79. The zero-order valence-corrected chi connectivity index (χ0v) is 14.3. The van der Waals surface area contributed by atoms with Gasteiger partial charge in [0.25, 0.3) is 0 Å². The van der Waals surface area contributed by atoms with Crippen LogP contribution in [0.15, 0.2) is 30.3 Å². The highest BCUT2D eigenvalue weighted by Crippen LogP contribution is 2.31. The summed E-state index contributed by atoms with van der Waals surface area (Å²) in [4.78, 5) is 13.0. The number of nitrogens with zero attached hydrogens (tertiary/aromatic N) is 4. The second-order valence-corrected chi connectivity index (χ2v) is 5.79. The molecule has 0 bridgehead atoms. The first-order valence-corrected chi connectivity index (χ1v) is 7.95. The molecular weight excluding hydrogens is 306 g/mol. The second-order valence-electron chi connectivity index (χ2n) is 5.79. The van der Waals surface area contributed by atoms with Crippen molar-refractivity contribution in [1.82, 2.24) is 9.97 Å². The normalized spacial score (nSPS) is 17.7. The molecule has 128 valence electrons. The van der Waals surface area contributed by atoms with E-state index in [4.69, 9.17) is 15.2 Å². The fraction of sp³-hybridized carbons (Fsp3) is 0.412. The SMILES string of the molecule is COc1cc(N2CCN(c3ccccc3OC)C[C@@H]2C)nc(N)n1. The first-order valence-electron chi connectivity index (χ1n) is 7.95. The summed E-state index contributed by atoms with van der Waals surface area (Å²) in [5.74, 6) is 2.40. The molecule has 24 heavy (non-hydrogen) atoms. The predicted molar refractivity (Wildman–Crippen MR) is 95.0 cm³/mol. The Labute approximate surface area is 142 Å². The molecule has 1 saturated heterocycles. The van der Waals surface area contributed by atoms with Crippen molar-refractivity contribution >= 4 is 17.5 Å². The van der Waals surface area contributed by atoms with E-state index in [-0.39, 0.29) is 12.0 Å². The van der Waals surface area contributed by atoms with Gasteiger partial charge in [0.2, 0.25) is 11.8 Å². The van der Waals surface area contributed by atoms with Crippen molar-refractivity contribution in [3.63, 3.8) is 0 Å². The molecule has 1 aromatic heterocycles. The van der Waals surface area contributed by atoms with Gasteiger partial charge in [0.15, 0.2) is 0 Å². The molecule has 1 aromatic carbocycles. The lowest BCUT2D eigenvalue weighted by atomic mass is 10.1.